The third-order valence-corrected chi connectivity index (χ3v) is 4.38. The van der Waals surface area contributed by atoms with Crippen molar-refractivity contribution in [2.45, 2.75) is 13.3 Å². The standard InChI is InChI=1S/C20H14O5/c1-10-2-4-11(5-3-10)20-12-6-14(21)16(23)8-18(12)25-19-9-17(24)15(22)7-13(19)20/h2-6,8-9,21,23H,7H2,1H3. The monoisotopic (exact) mass is 334 g/mol. The molecule has 1 heterocycles. The molecule has 0 unspecified atom stereocenters. The predicted octanol–water partition coefficient (Wildman–Crippen LogP) is 3.03. The van der Waals surface area contributed by atoms with E-state index in [1.54, 1.807) is 0 Å². The smallest absolute Gasteiger partial charge is 0.225 e. The van der Waals surface area contributed by atoms with Crippen molar-refractivity contribution in [1.82, 2.24) is 0 Å². The van der Waals surface area contributed by atoms with Gasteiger partial charge in [-0.2, -0.15) is 0 Å². The molecular weight excluding hydrogens is 320 g/mol. The molecule has 1 aliphatic heterocycles. The van der Waals surface area contributed by atoms with E-state index in [4.69, 9.17) is 4.74 Å². The topological polar surface area (TPSA) is 83.8 Å². The summed E-state index contributed by atoms with van der Waals surface area (Å²) in [6.45, 7) is 1.97. The molecule has 124 valence electrons. The van der Waals surface area contributed by atoms with Crippen molar-refractivity contribution < 1.29 is 24.5 Å². The first kappa shape index (κ1) is 15.2. The molecule has 0 amide bonds. The van der Waals surface area contributed by atoms with Gasteiger partial charge in [-0.1, -0.05) is 29.8 Å². The van der Waals surface area contributed by atoms with Crippen molar-refractivity contribution in [3.8, 4) is 17.2 Å². The first-order chi connectivity index (χ1) is 11.9. The van der Waals surface area contributed by atoms with Gasteiger partial charge in [-0.3, -0.25) is 9.59 Å². The van der Waals surface area contributed by atoms with Crippen LogP contribution in [0.4, 0.5) is 0 Å². The molecule has 2 N–H and O–H groups in total. The summed E-state index contributed by atoms with van der Waals surface area (Å²) in [5.74, 6) is -1.07. The van der Waals surface area contributed by atoms with Gasteiger partial charge in [0.25, 0.3) is 0 Å². The van der Waals surface area contributed by atoms with Crippen molar-refractivity contribution >= 4 is 17.1 Å². The molecule has 0 atom stereocenters. The fraction of sp³-hybridized carbons (Fsp3) is 0.100. The quantitative estimate of drug-likeness (QED) is 0.619. The second kappa shape index (κ2) is 5.34. The fourth-order valence-corrected chi connectivity index (χ4v) is 3.09. The summed E-state index contributed by atoms with van der Waals surface area (Å²) in [5.41, 5.74) is 3.80. The molecule has 2 aliphatic rings. The summed E-state index contributed by atoms with van der Waals surface area (Å²) in [6.07, 6.45) is 1.12. The minimum Gasteiger partial charge on any atom is -0.504 e. The summed E-state index contributed by atoms with van der Waals surface area (Å²) in [7, 11) is 0. The average Bonchev–Trinajstić information content (AvgIpc) is 2.57. The highest BCUT2D eigenvalue weighted by atomic mass is 16.5. The maximum Gasteiger partial charge on any atom is 0.225 e. The van der Waals surface area contributed by atoms with E-state index in [9.17, 15) is 19.8 Å². The highest BCUT2D eigenvalue weighted by molar-refractivity contribution is 6.43. The summed E-state index contributed by atoms with van der Waals surface area (Å²) < 4.78 is 5.72. The zero-order valence-corrected chi connectivity index (χ0v) is 13.4. The minimum absolute atomic E-state index is 0.0606. The number of phenolic OH excluding ortho intramolecular Hbond substituents is 2. The lowest BCUT2D eigenvalue weighted by molar-refractivity contribution is -0.133. The number of hydrogen-bond donors (Lipinski definition) is 2. The zero-order valence-electron chi connectivity index (χ0n) is 13.4. The molecule has 25 heavy (non-hydrogen) atoms. The number of rotatable bonds is 1. The van der Waals surface area contributed by atoms with E-state index in [0.717, 1.165) is 11.1 Å². The van der Waals surface area contributed by atoms with E-state index in [1.165, 1.54) is 18.2 Å². The van der Waals surface area contributed by atoms with Gasteiger partial charge in [0.2, 0.25) is 11.6 Å². The number of aromatic hydroxyl groups is 2. The van der Waals surface area contributed by atoms with Gasteiger partial charge in [0.1, 0.15) is 11.5 Å². The highest BCUT2D eigenvalue weighted by Gasteiger charge is 2.33. The van der Waals surface area contributed by atoms with E-state index >= 15 is 0 Å². The number of fused-ring (bicyclic) bond motifs is 2. The number of Topliss-reactive ketones (excluding diaryl/α,β-unsaturated/α-hetero) is 1. The number of phenols is 2. The number of carbonyl (C=O) groups is 2. The van der Waals surface area contributed by atoms with E-state index < -0.39 is 11.6 Å². The van der Waals surface area contributed by atoms with E-state index in [-0.39, 0.29) is 17.9 Å². The summed E-state index contributed by atoms with van der Waals surface area (Å²) >= 11 is 0. The maximum absolute atomic E-state index is 11.9. The molecule has 0 fully saturated rings. The Labute approximate surface area is 143 Å². The van der Waals surface area contributed by atoms with Crippen LogP contribution < -0.4 is 4.74 Å². The van der Waals surface area contributed by atoms with E-state index in [1.807, 2.05) is 31.2 Å². The Morgan fingerprint density at radius 2 is 1.68 bits per heavy atom. The third-order valence-electron chi connectivity index (χ3n) is 4.38. The van der Waals surface area contributed by atoms with Gasteiger partial charge in [-0.05, 0) is 18.6 Å². The Morgan fingerprint density at radius 1 is 1.00 bits per heavy atom. The molecule has 5 heteroatoms. The van der Waals surface area contributed by atoms with Gasteiger partial charge in [-0.15, -0.1) is 0 Å². The zero-order chi connectivity index (χ0) is 17.7. The first-order valence-electron chi connectivity index (χ1n) is 7.77. The molecule has 0 saturated heterocycles. The van der Waals surface area contributed by atoms with E-state index in [2.05, 4.69) is 0 Å². The van der Waals surface area contributed by atoms with Gasteiger partial charge in [0.15, 0.2) is 11.5 Å². The molecule has 5 nitrogen and oxygen atoms in total. The molecule has 0 aromatic heterocycles. The fourth-order valence-electron chi connectivity index (χ4n) is 3.09. The van der Waals surface area contributed by atoms with Crippen LogP contribution in [-0.4, -0.2) is 21.8 Å². The first-order valence-corrected chi connectivity index (χ1v) is 7.77. The molecule has 0 spiro atoms. The lowest BCUT2D eigenvalue weighted by Crippen LogP contribution is -2.23. The Bertz CT molecular complexity index is 993. The molecule has 0 bridgehead atoms. The van der Waals surface area contributed by atoms with Crippen LogP contribution in [0.25, 0.3) is 5.57 Å². The summed E-state index contributed by atoms with van der Waals surface area (Å²) in [6, 6.07) is 10.4. The van der Waals surface area contributed by atoms with Gasteiger partial charge < -0.3 is 14.9 Å². The maximum atomic E-state index is 11.9. The highest BCUT2D eigenvalue weighted by Crippen LogP contribution is 2.47. The van der Waals surface area contributed by atoms with Crippen LogP contribution in [0.5, 0.6) is 17.2 Å². The Balaban J connectivity index is 2.04. The van der Waals surface area contributed by atoms with Crippen LogP contribution >= 0.6 is 0 Å². The Morgan fingerprint density at radius 3 is 2.40 bits per heavy atom. The predicted molar refractivity (Wildman–Crippen MR) is 90.3 cm³/mol. The van der Waals surface area contributed by atoms with Crippen LogP contribution in [-0.2, 0) is 9.59 Å². The molecule has 0 saturated carbocycles. The number of carbonyl (C=O) groups excluding carboxylic acids is 2. The van der Waals surface area contributed by atoms with Gasteiger partial charge in [-0.25, -0.2) is 0 Å². The molecule has 0 radical (unpaired) electrons. The Kier molecular flexibility index (Phi) is 3.25. The number of ketones is 2. The summed E-state index contributed by atoms with van der Waals surface area (Å²) in [5, 5.41) is 19.7. The molecule has 1 aliphatic carbocycles. The van der Waals surface area contributed by atoms with Gasteiger partial charge in [0, 0.05) is 35.3 Å². The SMILES string of the molecule is Cc1ccc(C2=C3CC(=O)C(=O)C=C3Oc3cc(O)c(O)cc32)cc1. The summed E-state index contributed by atoms with van der Waals surface area (Å²) in [4.78, 5) is 23.7. The second-order valence-electron chi connectivity index (χ2n) is 6.13. The lowest BCUT2D eigenvalue weighted by Gasteiger charge is -2.28. The lowest BCUT2D eigenvalue weighted by atomic mass is 9.84. The van der Waals surface area contributed by atoms with Gasteiger partial charge in [0.05, 0.1) is 0 Å². The number of hydrogen-bond acceptors (Lipinski definition) is 5. The van der Waals surface area contributed by atoms with Crippen LogP contribution in [0.15, 0.2) is 53.8 Å². The van der Waals surface area contributed by atoms with Crippen molar-refractivity contribution in [3.63, 3.8) is 0 Å². The third kappa shape index (κ3) is 2.41. The molecule has 2 aromatic rings. The number of aryl methyl sites for hydroxylation is 1. The molecule has 4 rings (SSSR count). The minimum atomic E-state index is -0.603. The van der Waals surface area contributed by atoms with Crippen molar-refractivity contribution in [1.29, 1.82) is 0 Å². The van der Waals surface area contributed by atoms with Crippen LogP contribution in [0, 0.1) is 6.92 Å². The largest absolute Gasteiger partial charge is 0.504 e. The Hall–Kier alpha value is -3.34. The van der Waals surface area contributed by atoms with E-state index in [0.29, 0.717) is 28.2 Å². The van der Waals surface area contributed by atoms with Crippen molar-refractivity contribution in [2.75, 3.05) is 0 Å². The van der Waals surface area contributed by atoms with Crippen molar-refractivity contribution in [3.05, 3.63) is 70.5 Å². The normalized spacial score (nSPS) is 16.1. The van der Waals surface area contributed by atoms with Crippen LogP contribution in [0.2, 0.25) is 0 Å². The molecule has 2 aromatic carbocycles. The van der Waals surface area contributed by atoms with Crippen LogP contribution in [0.1, 0.15) is 23.1 Å². The van der Waals surface area contributed by atoms with Crippen molar-refractivity contribution in [2.24, 2.45) is 0 Å². The second-order valence-corrected chi connectivity index (χ2v) is 6.13. The molecular formula is C20H14O5. The average molecular weight is 334 g/mol. The number of benzene rings is 2. The number of allylic oxidation sites excluding steroid dienone is 2. The van der Waals surface area contributed by atoms with Gasteiger partial charge >= 0.3 is 0 Å². The number of ether oxygens (including phenoxy) is 1. The van der Waals surface area contributed by atoms with Crippen LogP contribution in [0.3, 0.4) is 0 Å².